The summed E-state index contributed by atoms with van der Waals surface area (Å²) in [6, 6.07) is 2.60. The molecule has 2 aromatic rings. The molecule has 2 aromatic heterocycles. The highest BCUT2D eigenvalue weighted by Gasteiger charge is 2.15. The van der Waals surface area contributed by atoms with Gasteiger partial charge in [-0.15, -0.1) is 22.7 Å². The summed E-state index contributed by atoms with van der Waals surface area (Å²) in [6.45, 7) is 7.39. The zero-order valence-corrected chi connectivity index (χ0v) is 12.1. The van der Waals surface area contributed by atoms with Crippen molar-refractivity contribution in [2.45, 2.75) is 33.2 Å². The van der Waals surface area contributed by atoms with E-state index < -0.39 is 0 Å². The van der Waals surface area contributed by atoms with Gasteiger partial charge in [0.2, 0.25) is 0 Å². The molecule has 17 heavy (non-hydrogen) atoms. The van der Waals surface area contributed by atoms with Crippen molar-refractivity contribution in [2.24, 2.45) is 0 Å². The van der Waals surface area contributed by atoms with Crippen LogP contribution in [-0.2, 0) is 6.42 Å². The molecule has 2 rings (SSSR count). The normalized spacial score (nSPS) is 12.9. The number of nitrogens with one attached hydrogen (secondary N) is 1. The van der Waals surface area contributed by atoms with Gasteiger partial charge in [0.05, 0.1) is 10.7 Å². The minimum atomic E-state index is 0.404. The van der Waals surface area contributed by atoms with E-state index in [0.29, 0.717) is 6.04 Å². The largest absolute Gasteiger partial charge is 0.309 e. The van der Waals surface area contributed by atoms with Crippen molar-refractivity contribution < 1.29 is 0 Å². The summed E-state index contributed by atoms with van der Waals surface area (Å²) in [5, 5.41) is 9.05. The summed E-state index contributed by atoms with van der Waals surface area (Å²) in [6.07, 6.45) is 0.986. The number of aryl methyl sites for hydroxylation is 2. The Balaban J connectivity index is 2.15. The Morgan fingerprint density at radius 3 is 2.71 bits per heavy atom. The van der Waals surface area contributed by atoms with Gasteiger partial charge in [-0.25, -0.2) is 4.98 Å². The molecule has 0 spiro atoms. The van der Waals surface area contributed by atoms with Crippen LogP contribution >= 0.6 is 22.7 Å². The number of hydrogen-bond acceptors (Lipinski definition) is 4. The van der Waals surface area contributed by atoms with E-state index >= 15 is 0 Å². The van der Waals surface area contributed by atoms with Gasteiger partial charge in [0.1, 0.15) is 0 Å². The number of hydrogen-bond donors (Lipinski definition) is 1. The Labute approximate surface area is 111 Å². The summed E-state index contributed by atoms with van der Waals surface area (Å²) in [5.41, 5.74) is 2.58. The molecule has 1 atom stereocenters. The van der Waals surface area contributed by atoms with Gasteiger partial charge in [-0.3, -0.25) is 0 Å². The molecule has 1 N–H and O–H groups in total. The first-order valence-corrected chi connectivity index (χ1v) is 7.65. The molecule has 4 heteroatoms. The molecule has 1 unspecified atom stereocenters. The van der Waals surface area contributed by atoms with E-state index in [9.17, 15) is 0 Å². The van der Waals surface area contributed by atoms with Crippen LogP contribution in [0.2, 0.25) is 0 Å². The quantitative estimate of drug-likeness (QED) is 0.892. The second-order valence-electron chi connectivity index (χ2n) is 4.14. The molecule has 92 valence electrons. The van der Waals surface area contributed by atoms with Gasteiger partial charge in [-0.1, -0.05) is 6.92 Å². The van der Waals surface area contributed by atoms with Crippen LogP contribution in [-0.4, -0.2) is 11.5 Å². The Hall–Kier alpha value is -0.710. The lowest BCUT2D eigenvalue weighted by Gasteiger charge is -2.16. The van der Waals surface area contributed by atoms with Gasteiger partial charge in [-0.05, 0) is 37.4 Å². The van der Waals surface area contributed by atoms with Crippen LogP contribution in [0.25, 0.3) is 0 Å². The van der Waals surface area contributed by atoms with Gasteiger partial charge in [0.25, 0.3) is 0 Å². The van der Waals surface area contributed by atoms with E-state index in [-0.39, 0.29) is 0 Å². The lowest BCUT2D eigenvalue weighted by atomic mass is 10.1. The molecule has 0 aliphatic heterocycles. The summed E-state index contributed by atoms with van der Waals surface area (Å²) < 4.78 is 0. The van der Waals surface area contributed by atoms with Crippen LogP contribution in [0.4, 0.5) is 0 Å². The van der Waals surface area contributed by atoms with Crippen molar-refractivity contribution in [2.75, 3.05) is 6.54 Å². The lowest BCUT2D eigenvalue weighted by Crippen LogP contribution is -2.22. The first kappa shape index (κ1) is 12.7. The summed E-state index contributed by atoms with van der Waals surface area (Å²) in [7, 11) is 0. The van der Waals surface area contributed by atoms with Crippen LogP contribution in [0.3, 0.4) is 0 Å². The predicted molar refractivity (Wildman–Crippen MR) is 76.0 cm³/mol. The van der Waals surface area contributed by atoms with E-state index in [1.54, 1.807) is 11.3 Å². The van der Waals surface area contributed by atoms with Crippen molar-refractivity contribution in [1.82, 2.24) is 10.3 Å². The molecule has 0 radical (unpaired) electrons. The number of thiazole rings is 1. The molecule has 0 fully saturated rings. The summed E-state index contributed by atoms with van der Waals surface area (Å²) >= 11 is 3.57. The third-order valence-corrected chi connectivity index (χ3v) is 4.70. The fraction of sp³-hybridized carbons (Fsp3) is 0.462. The first-order valence-electron chi connectivity index (χ1n) is 5.89. The number of aromatic nitrogens is 1. The van der Waals surface area contributed by atoms with Gasteiger partial charge >= 0.3 is 0 Å². The topological polar surface area (TPSA) is 24.9 Å². The van der Waals surface area contributed by atoms with Crippen LogP contribution in [0.1, 0.15) is 34.1 Å². The fourth-order valence-corrected chi connectivity index (χ4v) is 3.59. The zero-order valence-electron chi connectivity index (χ0n) is 10.5. The maximum atomic E-state index is 4.56. The molecule has 0 saturated heterocycles. The van der Waals surface area contributed by atoms with Crippen molar-refractivity contribution in [3.8, 4) is 0 Å². The smallest absolute Gasteiger partial charge is 0.0897 e. The van der Waals surface area contributed by atoms with Crippen molar-refractivity contribution in [1.29, 1.82) is 0 Å². The Bertz CT molecular complexity index is 473. The first-order chi connectivity index (χ1) is 8.20. The molecule has 0 aliphatic rings. The molecular formula is C13H18N2S2. The lowest BCUT2D eigenvalue weighted by molar-refractivity contribution is 0.551. The SMILES string of the molecule is CCNC(Cc1csc(C)n1)c1sccc1C. The van der Waals surface area contributed by atoms with Gasteiger partial charge in [0.15, 0.2) is 0 Å². The highest BCUT2D eigenvalue weighted by atomic mass is 32.1. The highest BCUT2D eigenvalue weighted by Crippen LogP contribution is 2.27. The van der Waals surface area contributed by atoms with E-state index in [0.717, 1.165) is 18.0 Å². The monoisotopic (exact) mass is 266 g/mol. The minimum absolute atomic E-state index is 0.404. The molecule has 2 nitrogen and oxygen atoms in total. The van der Waals surface area contributed by atoms with Gasteiger partial charge in [-0.2, -0.15) is 0 Å². The van der Waals surface area contributed by atoms with Crippen LogP contribution in [0.15, 0.2) is 16.8 Å². The molecular weight excluding hydrogens is 248 g/mol. The van der Waals surface area contributed by atoms with Gasteiger partial charge < -0.3 is 5.32 Å². The standard InChI is InChI=1S/C13H18N2S2/c1-4-14-12(13-9(2)5-6-16-13)7-11-8-17-10(3)15-11/h5-6,8,12,14H,4,7H2,1-3H3. The maximum Gasteiger partial charge on any atom is 0.0897 e. The fourth-order valence-electron chi connectivity index (χ4n) is 1.96. The Kier molecular flexibility index (Phi) is 4.31. The maximum absolute atomic E-state index is 4.56. The molecule has 0 bridgehead atoms. The van der Waals surface area contributed by atoms with Crippen LogP contribution < -0.4 is 5.32 Å². The average Bonchev–Trinajstić information content (AvgIpc) is 2.87. The predicted octanol–water partition coefficient (Wildman–Crippen LogP) is 3.71. The third-order valence-electron chi connectivity index (χ3n) is 2.75. The van der Waals surface area contributed by atoms with Crippen LogP contribution in [0, 0.1) is 13.8 Å². The minimum Gasteiger partial charge on any atom is -0.309 e. The zero-order chi connectivity index (χ0) is 12.3. The van der Waals surface area contributed by atoms with Crippen molar-refractivity contribution >= 4 is 22.7 Å². The number of likely N-dealkylation sites (N-methyl/N-ethyl adjacent to an activating group) is 1. The van der Waals surface area contributed by atoms with Crippen molar-refractivity contribution in [3.05, 3.63) is 38.0 Å². The molecule has 0 amide bonds. The average molecular weight is 266 g/mol. The third kappa shape index (κ3) is 3.15. The van der Waals surface area contributed by atoms with Crippen molar-refractivity contribution in [3.63, 3.8) is 0 Å². The van der Waals surface area contributed by atoms with E-state index in [4.69, 9.17) is 0 Å². The molecule has 0 aromatic carbocycles. The molecule has 0 saturated carbocycles. The summed E-state index contributed by atoms with van der Waals surface area (Å²) in [5.74, 6) is 0. The Morgan fingerprint density at radius 1 is 1.35 bits per heavy atom. The second kappa shape index (κ2) is 5.76. The number of nitrogens with zero attached hydrogens (tertiary/aromatic N) is 1. The molecule has 2 heterocycles. The van der Waals surface area contributed by atoms with Gasteiger partial charge in [0, 0.05) is 22.7 Å². The van der Waals surface area contributed by atoms with E-state index in [1.807, 2.05) is 11.3 Å². The van der Waals surface area contributed by atoms with E-state index in [1.165, 1.54) is 16.1 Å². The Morgan fingerprint density at radius 2 is 2.18 bits per heavy atom. The molecule has 0 aliphatic carbocycles. The number of thiophene rings is 1. The highest BCUT2D eigenvalue weighted by molar-refractivity contribution is 7.10. The van der Waals surface area contributed by atoms with Crippen LogP contribution in [0.5, 0.6) is 0 Å². The van der Waals surface area contributed by atoms with E-state index in [2.05, 4.69) is 47.9 Å². The number of rotatable bonds is 5. The summed E-state index contributed by atoms with van der Waals surface area (Å²) in [4.78, 5) is 6.00. The second-order valence-corrected chi connectivity index (χ2v) is 6.15.